The molecule has 6 nitrogen and oxygen atoms in total. The van der Waals surface area contributed by atoms with E-state index in [9.17, 15) is 18.0 Å². The maximum absolute atomic E-state index is 14.0. The summed E-state index contributed by atoms with van der Waals surface area (Å²) in [5.74, 6) is -0.511. The number of carbonyl (C=O) groups is 1. The lowest BCUT2D eigenvalue weighted by molar-refractivity contribution is -0.142. The highest BCUT2D eigenvalue weighted by Gasteiger charge is 2.37. The Morgan fingerprint density at radius 2 is 1.67 bits per heavy atom. The molecule has 0 aliphatic carbocycles. The molecule has 0 saturated carbocycles. The van der Waals surface area contributed by atoms with Crippen LogP contribution in [0.15, 0.2) is 65.1 Å². The largest absolute Gasteiger partial charge is 0.433 e. The Labute approximate surface area is 218 Å². The molecule has 1 fully saturated rings. The summed E-state index contributed by atoms with van der Waals surface area (Å²) in [5, 5.41) is 3.78. The number of piperazine rings is 1. The van der Waals surface area contributed by atoms with E-state index in [1.807, 2.05) is 30.3 Å². The van der Waals surface area contributed by atoms with Crippen molar-refractivity contribution in [2.75, 3.05) is 26.2 Å². The Balaban J connectivity index is 1.43. The number of benzene rings is 2. The summed E-state index contributed by atoms with van der Waals surface area (Å²) >= 11 is 9.75. The molecule has 4 aromatic rings. The van der Waals surface area contributed by atoms with Gasteiger partial charge in [0.25, 0.3) is 5.91 Å². The van der Waals surface area contributed by atoms with Gasteiger partial charge in [0, 0.05) is 42.8 Å². The van der Waals surface area contributed by atoms with Crippen LogP contribution >= 0.6 is 27.5 Å². The standard InChI is InChI=1S/C25H20BrClF3N5O/c26-18-8-6-17(7-9-18)19-14-20(25(28,29)30)35-23(31-19)21(27)22(32-35)24(36)34-12-10-33(11-13-34)15-16-4-2-1-3-5-16/h1-9,14H,10-13,15H2. The van der Waals surface area contributed by atoms with E-state index in [1.54, 1.807) is 29.2 Å². The predicted octanol–water partition coefficient (Wildman–Crippen LogP) is 5.79. The second-order valence-corrected chi connectivity index (χ2v) is 9.78. The predicted molar refractivity (Wildman–Crippen MR) is 134 cm³/mol. The van der Waals surface area contributed by atoms with Crippen LogP contribution in [-0.2, 0) is 12.7 Å². The monoisotopic (exact) mass is 577 g/mol. The fraction of sp³-hybridized carbons (Fsp3) is 0.240. The fourth-order valence-electron chi connectivity index (χ4n) is 4.20. The molecule has 2 aromatic carbocycles. The SMILES string of the molecule is O=C(c1nn2c(C(F)(F)F)cc(-c3ccc(Br)cc3)nc2c1Cl)N1CCN(Cc2ccccc2)CC1. The quantitative estimate of drug-likeness (QED) is 0.308. The van der Waals surface area contributed by atoms with E-state index in [4.69, 9.17) is 11.6 Å². The van der Waals surface area contributed by atoms with Crippen molar-refractivity contribution in [3.8, 4) is 11.3 Å². The van der Waals surface area contributed by atoms with Crippen LogP contribution in [0.1, 0.15) is 21.7 Å². The highest BCUT2D eigenvalue weighted by atomic mass is 79.9. The third-order valence-electron chi connectivity index (χ3n) is 6.07. The maximum atomic E-state index is 14.0. The molecule has 2 aromatic heterocycles. The Bertz CT molecular complexity index is 1400. The summed E-state index contributed by atoms with van der Waals surface area (Å²) in [6, 6.07) is 17.6. The van der Waals surface area contributed by atoms with Gasteiger partial charge in [-0.3, -0.25) is 9.69 Å². The van der Waals surface area contributed by atoms with Crippen LogP contribution in [0.2, 0.25) is 5.02 Å². The molecule has 0 radical (unpaired) electrons. The zero-order valence-corrected chi connectivity index (χ0v) is 21.2. The van der Waals surface area contributed by atoms with Crippen molar-refractivity contribution in [1.29, 1.82) is 0 Å². The first-order valence-electron chi connectivity index (χ1n) is 11.2. The normalized spacial score (nSPS) is 15.0. The van der Waals surface area contributed by atoms with Gasteiger partial charge in [-0.25, -0.2) is 9.50 Å². The number of hydrogen-bond acceptors (Lipinski definition) is 4. The fourth-order valence-corrected chi connectivity index (χ4v) is 4.70. The van der Waals surface area contributed by atoms with E-state index in [0.717, 1.165) is 17.1 Å². The van der Waals surface area contributed by atoms with Gasteiger partial charge in [0.15, 0.2) is 17.0 Å². The molecule has 0 N–H and O–H groups in total. The zero-order chi connectivity index (χ0) is 25.4. The number of hydrogen-bond donors (Lipinski definition) is 0. The molecule has 5 rings (SSSR count). The molecule has 0 bridgehead atoms. The van der Waals surface area contributed by atoms with Gasteiger partial charge in [-0.2, -0.15) is 18.3 Å². The number of halogens is 5. The number of nitrogens with zero attached hydrogens (tertiary/aromatic N) is 5. The van der Waals surface area contributed by atoms with Gasteiger partial charge in [0.2, 0.25) is 0 Å². The number of alkyl halides is 3. The number of aromatic nitrogens is 3. The first kappa shape index (κ1) is 24.7. The molecule has 186 valence electrons. The molecule has 1 amide bonds. The van der Waals surface area contributed by atoms with Gasteiger partial charge in [0.1, 0.15) is 5.02 Å². The Kier molecular flexibility index (Phi) is 6.76. The Hall–Kier alpha value is -2.95. The van der Waals surface area contributed by atoms with E-state index in [0.29, 0.717) is 36.3 Å². The average Bonchev–Trinajstić information content (AvgIpc) is 3.20. The van der Waals surface area contributed by atoms with Crippen molar-refractivity contribution >= 4 is 39.1 Å². The summed E-state index contributed by atoms with van der Waals surface area (Å²) in [5.41, 5.74) is 0.227. The second kappa shape index (κ2) is 9.84. The maximum Gasteiger partial charge on any atom is 0.433 e. The van der Waals surface area contributed by atoms with Gasteiger partial charge in [-0.15, -0.1) is 0 Å². The van der Waals surface area contributed by atoms with Gasteiger partial charge in [0.05, 0.1) is 5.69 Å². The Morgan fingerprint density at radius 3 is 2.31 bits per heavy atom. The van der Waals surface area contributed by atoms with E-state index < -0.39 is 17.8 Å². The number of carbonyl (C=O) groups excluding carboxylic acids is 1. The van der Waals surface area contributed by atoms with Crippen LogP contribution in [0.3, 0.4) is 0 Å². The molecule has 0 atom stereocenters. The molecule has 36 heavy (non-hydrogen) atoms. The van der Waals surface area contributed by atoms with Crippen molar-refractivity contribution in [2.24, 2.45) is 0 Å². The first-order valence-corrected chi connectivity index (χ1v) is 12.4. The lowest BCUT2D eigenvalue weighted by atomic mass is 10.1. The number of rotatable bonds is 4. The molecule has 3 heterocycles. The molecular weight excluding hydrogens is 559 g/mol. The molecule has 0 spiro atoms. The van der Waals surface area contributed by atoms with Crippen LogP contribution < -0.4 is 0 Å². The van der Waals surface area contributed by atoms with Gasteiger partial charge in [-0.1, -0.05) is 70.0 Å². The van der Waals surface area contributed by atoms with Crippen LogP contribution in [0.25, 0.3) is 16.9 Å². The topological polar surface area (TPSA) is 53.7 Å². The molecule has 1 aliphatic heterocycles. The molecule has 1 aliphatic rings. The molecule has 0 unspecified atom stereocenters. The third kappa shape index (κ3) is 4.98. The Morgan fingerprint density at radius 1 is 1.00 bits per heavy atom. The summed E-state index contributed by atoms with van der Waals surface area (Å²) < 4.78 is 43.3. The van der Waals surface area contributed by atoms with E-state index >= 15 is 0 Å². The van der Waals surface area contributed by atoms with Crippen molar-refractivity contribution in [3.63, 3.8) is 0 Å². The number of fused-ring (bicyclic) bond motifs is 1. The highest BCUT2D eigenvalue weighted by Crippen LogP contribution is 2.35. The van der Waals surface area contributed by atoms with Crippen LogP contribution in [0.4, 0.5) is 13.2 Å². The van der Waals surface area contributed by atoms with Gasteiger partial charge in [-0.05, 0) is 23.8 Å². The third-order valence-corrected chi connectivity index (χ3v) is 6.95. The summed E-state index contributed by atoms with van der Waals surface area (Å²) in [4.78, 5) is 21.4. The second-order valence-electron chi connectivity index (χ2n) is 8.48. The smallest absolute Gasteiger partial charge is 0.335 e. The minimum atomic E-state index is -4.73. The van der Waals surface area contributed by atoms with Crippen molar-refractivity contribution in [2.45, 2.75) is 12.7 Å². The van der Waals surface area contributed by atoms with Crippen molar-refractivity contribution in [3.05, 3.63) is 87.1 Å². The summed E-state index contributed by atoms with van der Waals surface area (Å²) in [6.07, 6.45) is -4.73. The molecular formula is C25H20BrClF3N5O. The van der Waals surface area contributed by atoms with E-state index in [2.05, 4.69) is 30.9 Å². The number of amides is 1. The lowest BCUT2D eigenvalue weighted by Gasteiger charge is -2.34. The minimum absolute atomic E-state index is 0.0812. The van der Waals surface area contributed by atoms with Gasteiger partial charge < -0.3 is 4.90 Å². The van der Waals surface area contributed by atoms with Crippen LogP contribution in [-0.4, -0.2) is 56.5 Å². The average molecular weight is 579 g/mol. The zero-order valence-electron chi connectivity index (χ0n) is 18.8. The van der Waals surface area contributed by atoms with Crippen LogP contribution in [0, 0.1) is 0 Å². The van der Waals surface area contributed by atoms with Gasteiger partial charge >= 0.3 is 6.18 Å². The first-order chi connectivity index (χ1) is 17.2. The minimum Gasteiger partial charge on any atom is -0.335 e. The van der Waals surface area contributed by atoms with Crippen LogP contribution in [0.5, 0.6) is 0 Å². The van der Waals surface area contributed by atoms with E-state index in [-0.39, 0.29) is 22.1 Å². The summed E-state index contributed by atoms with van der Waals surface area (Å²) in [6.45, 7) is 2.85. The molecule has 1 saturated heterocycles. The van der Waals surface area contributed by atoms with Crippen molar-refractivity contribution < 1.29 is 18.0 Å². The summed E-state index contributed by atoms with van der Waals surface area (Å²) in [7, 11) is 0. The lowest BCUT2D eigenvalue weighted by Crippen LogP contribution is -2.48. The highest BCUT2D eigenvalue weighted by molar-refractivity contribution is 9.10. The van der Waals surface area contributed by atoms with E-state index in [1.165, 1.54) is 5.56 Å². The van der Waals surface area contributed by atoms with Crippen molar-refractivity contribution in [1.82, 2.24) is 24.4 Å². The molecule has 11 heteroatoms.